The van der Waals surface area contributed by atoms with Gasteiger partial charge in [-0.2, -0.15) is 0 Å². The first-order valence-electron chi connectivity index (χ1n) is 8.90. The fourth-order valence-corrected chi connectivity index (χ4v) is 4.63. The Bertz CT molecular complexity index is 533. The number of carbonyl (C=O) groups is 1. The van der Waals surface area contributed by atoms with Gasteiger partial charge in [0.2, 0.25) is 0 Å². The van der Waals surface area contributed by atoms with Crippen molar-refractivity contribution >= 4 is 5.91 Å². The summed E-state index contributed by atoms with van der Waals surface area (Å²) in [5.74, 6) is 1.73. The summed E-state index contributed by atoms with van der Waals surface area (Å²) in [7, 11) is 0. The first-order chi connectivity index (χ1) is 10.8. The van der Waals surface area contributed by atoms with E-state index in [1.807, 2.05) is 12.1 Å². The molecule has 1 aromatic carbocycles. The van der Waals surface area contributed by atoms with Crippen LogP contribution in [0.15, 0.2) is 24.3 Å². The molecule has 2 saturated carbocycles. The SMILES string of the molecule is O=C(N[C@@H]1C[C@H]2CC[C@@H]1C2)c1ccc(CN2CCCC2)cc1. The molecule has 1 N–H and O–H groups in total. The number of hydrogen-bond acceptors (Lipinski definition) is 2. The zero-order valence-corrected chi connectivity index (χ0v) is 13.3. The van der Waals surface area contributed by atoms with Crippen LogP contribution in [0.25, 0.3) is 0 Å². The van der Waals surface area contributed by atoms with E-state index in [0.29, 0.717) is 6.04 Å². The summed E-state index contributed by atoms with van der Waals surface area (Å²) in [4.78, 5) is 14.9. The molecule has 1 heterocycles. The molecule has 2 bridgehead atoms. The van der Waals surface area contributed by atoms with Gasteiger partial charge in [-0.25, -0.2) is 0 Å². The molecule has 118 valence electrons. The number of rotatable bonds is 4. The lowest BCUT2D eigenvalue weighted by atomic mass is 9.95. The van der Waals surface area contributed by atoms with Gasteiger partial charge in [-0.3, -0.25) is 9.69 Å². The Hall–Kier alpha value is -1.35. The minimum absolute atomic E-state index is 0.116. The highest BCUT2D eigenvalue weighted by molar-refractivity contribution is 5.94. The number of carbonyl (C=O) groups excluding carboxylic acids is 1. The molecule has 22 heavy (non-hydrogen) atoms. The summed E-state index contributed by atoms with van der Waals surface area (Å²) in [6.07, 6.45) is 7.86. The fourth-order valence-electron chi connectivity index (χ4n) is 4.63. The van der Waals surface area contributed by atoms with Gasteiger partial charge < -0.3 is 5.32 Å². The van der Waals surface area contributed by atoms with Crippen molar-refractivity contribution in [3.05, 3.63) is 35.4 Å². The Kier molecular flexibility index (Phi) is 3.91. The van der Waals surface area contributed by atoms with E-state index in [1.54, 1.807) is 0 Å². The molecule has 1 aromatic rings. The molecular formula is C19H26N2O. The lowest BCUT2D eigenvalue weighted by molar-refractivity contribution is 0.0923. The maximum Gasteiger partial charge on any atom is 0.251 e. The maximum atomic E-state index is 12.4. The van der Waals surface area contributed by atoms with E-state index in [1.165, 1.54) is 57.2 Å². The minimum atomic E-state index is 0.116. The van der Waals surface area contributed by atoms with Gasteiger partial charge in [0.15, 0.2) is 0 Å². The Balaban J connectivity index is 1.34. The Labute approximate surface area is 133 Å². The van der Waals surface area contributed by atoms with Crippen molar-refractivity contribution in [1.82, 2.24) is 10.2 Å². The topological polar surface area (TPSA) is 32.3 Å². The van der Waals surface area contributed by atoms with Crippen LogP contribution in [-0.2, 0) is 6.54 Å². The van der Waals surface area contributed by atoms with Crippen LogP contribution in [-0.4, -0.2) is 29.9 Å². The van der Waals surface area contributed by atoms with E-state index in [4.69, 9.17) is 0 Å². The highest BCUT2D eigenvalue weighted by Crippen LogP contribution is 2.44. The van der Waals surface area contributed by atoms with Gasteiger partial charge in [-0.15, -0.1) is 0 Å². The van der Waals surface area contributed by atoms with Gasteiger partial charge in [-0.05, 0) is 74.7 Å². The summed E-state index contributed by atoms with van der Waals surface area (Å²) < 4.78 is 0. The zero-order chi connectivity index (χ0) is 14.9. The summed E-state index contributed by atoms with van der Waals surface area (Å²) in [5, 5.41) is 3.27. The summed E-state index contributed by atoms with van der Waals surface area (Å²) in [5.41, 5.74) is 2.13. The molecule has 0 aromatic heterocycles. The molecule has 0 spiro atoms. The number of nitrogens with one attached hydrogen (secondary N) is 1. The highest BCUT2D eigenvalue weighted by atomic mass is 16.1. The first kappa shape index (κ1) is 14.3. The van der Waals surface area contributed by atoms with Crippen LogP contribution < -0.4 is 5.32 Å². The number of likely N-dealkylation sites (tertiary alicyclic amines) is 1. The van der Waals surface area contributed by atoms with Gasteiger partial charge in [0.25, 0.3) is 5.91 Å². The predicted molar refractivity (Wildman–Crippen MR) is 87.7 cm³/mol. The third-order valence-corrected chi connectivity index (χ3v) is 5.88. The summed E-state index contributed by atoms with van der Waals surface area (Å²) >= 11 is 0. The number of amides is 1. The molecule has 3 aliphatic rings. The Morgan fingerprint density at radius 2 is 1.86 bits per heavy atom. The van der Waals surface area contributed by atoms with Crippen LogP contribution in [0.3, 0.4) is 0 Å². The second-order valence-corrected chi connectivity index (χ2v) is 7.43. The van der Waals surface area contributed by atoms with E-state index in [9.17, 15) is 4.79 Å². The van der Waals surface area contributed by atoms with Crippen LogP contribution >= 0.6 is 0 Å². The molecule has 3 nitrogen and oxygen atoms in total. The van der Waals surface area contributed by atoms with Gasteiger partial charge in [0.1, 0.15) is 0 Å². The molecule has 3 atom stereocenters. The van der Waals surface area contributed by atoms with E-state index in [0.717, 1.165) is 23.9 Å². The average molecular weight is 298 g/mol. The van der Waals surface area contributed by atoms with E-state index < -0.39 is 0 Å². The van der Waals surface area contributed by atoms with Crippen molar-refractivity contribution in [2.45, 2.75) is 51.1 Å². The lowest BCUT2D eigenvalue weighted by Gasteiger charge is -2.23. The second kappa shape index (κ2) is 6.04. The Morgan fingerprint density at radius 3 is 2.50 bits per heavy atom. The molecule has 0 radical (unpaired) electrons. The van der Waals surface area contributed by atoms with Crippen molar-refractivity contribution in [2.75, 3.05) is 13.1 Å². The van der Waals surface area contributed by atoms with Crippen molar-refractivity contribution in [3.8, 4) is 0 Å². The quantitative estimate of drug-likeness (QED) is 0.926. The van der Waals surface area contributed by atoms with Crippen LogP contribution in [0.1, 0.15) is 54.4 Å². The van der Waals surface area contributed by atoms with Gasteiger partial charge in [-0.1, -0.05) is 18.6 Å². The molecule has 4 rings (SSSR count). The molecule has 0 unspecified atom stereocenters. The summed E-state index contributed by atoms with van der Waals surface area (Å²) in [6.45, 7) is 3.45. The van der Waals surface area contributed by atoms with E-state index in [-0.39, 0.29) is 5.91 Å². The Morgan fingerprint density at radius 1 is 1.09 bits per heavy atom. The van der Waals surface area contributed by atoms with Gasteiger partial charge in [0, 0.05) is 18.2 Å². The maximum absolute atomic E-state index is 12.4. The molecule has 3 heteroatoms. The highest BCUT2D eigenvalue weighted by Gasteiger charge is 2.40. The lowest BCUT2D eigenvalue weighted by Crippen LogP contribution is -2.38. The monoisotopic (exact) mass is 298 g/mol. The normalized spacial score (nSPS) is 30.8. The standard InChI is InChI=1S/C19H26N2O/c22-19(20-18-12-15-5-8-17(18)11-15)16-6-3-14(4-7-16)13-21-9-1-2-10-21/h3-4,6-7,15,17-18H,1-2,5,8-13H2,(H,20,22)/t15-,17+,18+/m0/s1. The number of nitrogens with zero attached hydrogens (tertiary/aromatic N) is 1. The van der Waals surface area contributed by atoms with Crippen molar-refractivity contribution < 1.29 is 4.79 Å². The summed E-state index contributed by atoms with van der Waals surface area (Å²) in [6, 6.07) is 8.65. The molecule has 2 aliphatic carbocycles. The average Bonchev–Trinajstić information content (AvgIpc) is 3.25. The number of fused-ring (bicyclic) bond motifs is 2. The van der Waals surface area contributed by atoms with Crippen molar-refractivity contribution in [1.29, 1.82) is 0 Å². The van der Waals surface area contributed by atoms with Crippen LogP contribution in [0, 0.1) is 11.8 Å². The smallest absolute Gasteiger partial charge is 0.251 e. The first-order valence-corrected chi connectivity index (χ1v) is 8.90. The van der Waals surface area contributed by atoms with Crippen LogP contribution in [0.2, 0.25) is 0 Å². The molecule has 3 fully saturated rings. The molecule has 1 aliphatic heterocycles. The largest absolute Gasteiger partial charge is 0.349 e. The van der Waals surface area contributed by atoms with Crippen molar-refractivity contribution in [2.24, 2.45) is 11.8 Å². The van der Waals surface area contributed by atoms with Crippen LogP contribution in [0.5, 0.6) is 0 Å². The number of hydrogen-bond donors (Lipinski definition) is 1. The number of benzene rings is 1. The fraction of sp³-hybridized carbons (Fsp3) is 0.632. The van der Waals surface area contributed by atoms with E-state index >= 15 is 0 Å². The van der Waals surface area contributed by atoms with Crippen molar-refractivity contribution in [3.63, 3.8) is 0 Å². The van der Waals surface area contributed by atoms with Gasteiger partial charge in [0.05, 0.1) is 0 Å². The second-order valence-electron chi connectivity index (χ2n) is 7.43. The molecule has 1 amide bonds. The molecular weight excluding hydrogens is 272 g/mol. The predicted octanol–water partition coefficient (Wildman–Crippen LogP) is 3.20. The third kappa shape index (κ3) is 2.91. The van der Waals surface area contributed by atoms with Crippen LogP contribution in [0.4, 0.5) is 0 Å². The zero-order valence-electron chi connectivity index (χ0n) is 13.3. The van der Waals surface area contributed by atoms with E-state index in [2.05, 4.69) is 22.3 Å². The third-order valence-electron chi connectivity index (χ3n) is 5.88. The molecule has 1 saturated heterocycles. The minimum Gasteiger partial charge on any atom is -0.349 e. The van der Waals surface area contributed by atoms with Gasteiger partial charge >= 0.3 is 0 Å².